The third kappa shape index (κ3) is 5.30. The highest BCUT2D eigenvalue weighted by Gasteiger charge is 2.08. The van der Waals surface area contributed by atoms with Gasteiger partial charge in [0.2, 0.25) is 5.91 Å². The van der Waals surface area contributed by atoms with Crippen molar-refractivity contribution in [2.24, 2.45) is 0 Å². The standard InChI is InChI=1S/C19H22N6OS/c1-4-13-11-16(22-17-10-12(3)24-25-17)23-19(21-13)27-15-8-6-14(7-9-15)20-18(26)5-2/h6-11H,4-5H2,1-3H3,(H,20,26)(H2,21,22,23,24,25). The zero-order valence-electron chi connectivity index (χ0n) is 15.5. The van der Waals surface area contributed by atoms with Crippen molar-refractivity contribution in [3.05, 3.63) is 47.8 Å². The molecule has 1 amide bonds. The molecule has 2 heterocycles. The van der Waals surface area contributed by atoms with E-state index in [2.05, 4.69) is 37.7 Å². The average Bonchev–Trinajstić information content (AvgIpc) is 3.07. The van der Waals surface area contributed by atoms with E-state index in [0.717, 1.165) is 34.2 Å². The third-order valence-electron chi connectivity index (χ3n) is 3.75. The van der Waals surface area contributed by atoms with Crippen molar-refractivity contribution in [1.82, 2.24) is 20.2 Å². The molecule has 0 atom stereocenters. The third-order valence-corrected chi connectivity index (χ3v) is 4.62. The molecule has 0 aliphatic heterocycles. The molecule has 0 saturated carbocycles. The van der Waals surface area contributed by atoms with Crippen LogP contribution in [0.15, 0.2) is 46.5 Å². The summed E-state index contributed by atoms with van der Waals surface area (Å²) in [4.78, 5) is 21.6. The van der Waals surface area contributed by atoms with Crippen LogP contribution in [0.25, 0.3) is 0 Å². The summed E-state index contributed by atoms with van der Waals surface area (Å²) < 4.78 is 0. The van der Waals surface area contributed by atoms with Gasteiger partial charge in [-0.05, 0) is 49.4 Å². The van der Waals surface area contributed by atoms with Crippen LogP contribution in [0.5, 0.6) is 0 Å². The number of benzene rings is 1. The Morgan fingerprint density at radius 1 is 1.11 bits per heavy atom. The zero-order chi connectivity index (χ0) is 19.2. The van der Waals surface area contributed by atoms with Crippen molar-refractivity contribution in [3.8, 4) is 0 Å². The fourth-order valence-corrected chi connectivity index (χ4v) is 3.13. The Labute approximate surface area is 162 Å². The highest BCUT2D eigenvalue weighted by Crippen LogP contribution is 2.28. The molecule has 0 fully saturated rings. The number of rotatable bonds is 7. The summed E-state index contributed by atoms with van der Waals surface area (Å²) in [7, 11) is 0. The van der Waals surface area contributed by atoms with Gasteiger partial charge in [0.1, 0.15) is 5.82 Å². The van der Waals surface area contributed by atoms with Gasteiger partial charge in [0, 0.05) is 40.5 Å². The molecule has 0 saturated heterocycles. The van der Waals surface area contributed by atoms with Crippen LogP contribution in [0, 0.1) is 6.92 Å². The number of hydrogen-bond donors (Lipinski definition) is 3. The van der Waals surface area contributed by atoms with Crippen molar-refractivity contribution in [2.75, 3.05) is 10.6 Å². The lowest BCUT2D eigenvalue weighted by Gasteiger charge is -2.08. The van der Waals surface area contributed by atoms with E-state index in [0.29, 0.717) is 17.4 Å². The van der Waals surface area contributed by atoms with E-state index in [-0.39, 0.29) is 5.91 Å². The molecule has 1 aromatic carbocycles. The molecule has 3 aromatic rings. The van der Waals surface area contributed by atoms with E-state index in [1.807, 2.05) is 50.2 Å². The van der Waals surface area contributed by atoms with Crippen LogP contribution >= 0.6 is 11.8 Å². The van der Waals surface area contributed by atoms with Crippen LogP contribution in [0.4, 0.5) is 17.3 Å². The smallest absolute Gasteiger partial charge is 0.224 e. The van der Waals surface area contributed by atoms with Gasteiger partial charge >= 0.3 is 0 Å². The molecule has 140 valence electrons. The summed E-state index contributed by atoms with van der Waals surface area (Å²) in [6.45, 7) is 5.83. The lowest BCUT2D eigenvalue weighted by atomic mass is 10.3. The molecule has 7 nitrogen and oxygen atoms in total. The van der Waals surface area contributed by atoms with Crippen LogP contribution in [0.3, 0.4) is 0 Å². The molecule has 0 unspecified atom stereocenters. The van der Waals surface area contributed by atoms with Crippen molar-refractivity contribution < 1.29 is 4.79 Å². The van der Waals surface area contributed by atoms with E-state index in [9.17, 15) is 4.79 Å². The largest absolute Gasteiger partial charge is 0.326 e. The lowest BCUT2D eigenvalue weighted by molar-refractivity contribution is -0.115. The first kappa shape index (κ1) is 18.9. The van der Waals surface area contributed by atoms with E-state index in [1.54, 1.807) is 0 Å². The molecular formula is C19H22N6OS. The van der Waals surface area contributed by atoms with E-state index in [4.69, 9.17) is 0 Å². The number of nitrogens with zero attached hydrogens (tertiary/aromatic N) is 3. The number of aromatic amines is 1. The fraction of sp³-hybridized carbons (Fsp3) is 0.263. The van der Waals surface area contributed by atoms with Gasteiger partial charge in [-0.25, -0.2) is 9.97 Å². The second kappa shape index (κ2) is 8.68. The predicted molar refractivity (Wildman–Crippen MR) is 108 cm³/mol. The van der Waals surface area contributed by atoms with Crippen LogP contribution in [0.2, 0.25) is 0 Å². The number of nitrogens with one attached hydrogen (secondary N) is 3. The van der Waals surface area contributed by atoms with Gasteiger partial charge in [-0.2, -0.15) is 5.10 Å². The Morgan fingerprint density at radius 3 is 2.52 bits per heavy atom. The highest BCUT2D eigenvalue weighted by molar-refractivity contribution is 7.99. The summed E-state index contributed by atoms with van der Waals surface area (Å²) in [6.07, 6.45) is 1.27. The van der Waals surface area contributed by atoms with Crippen molar-refractivity contribution in [2.45, 2.75) is 43.7 Å². The maximum atomic E-state index is 11.5. The Kier molecular flexibility index (Phi) is 6.08. The molecule has 0 aliphatic rings. The fourth-order valence-electron chi connectivity index (χ4n) is 2.34. The number of hydrogen-bond acceptors (Lipinski definition) is 6. The topological polar surface area (TPSA) is 95.6 Å². The summed E-state index contributed by atoms with van der Waals surface area (Å²) >= 11 is 1.48. The highest BCUT2D eigenvalue weighted by atomic mass is 32.2. The van der Waals surface area contributed by atoms with Gasteiger partial charge in [-0.15, -0.1) is 0 Å². The Hall–Kier alpha value is -2.87. The maximum Gasteiger partial charge on any atom is 0.224 e. The van der Waals surface area contributed by atoms with Crippen molar-refractivity contribution in [1.29, 1.82) is 0 Å². The number of aromatic nitrogens is 4. The van der Waals surface area contributed by atoms with E-state index >= 15 is 0 Å². The molecular weight excluding hydrogens is 360 g/mol. The molecule has 0 aliphatic carbocycles. The molecule has 0 spiro atoms. The molecule has 0 radical (unpaired) electrons. The average molecular weight is 382 g/mol. The zero-order valence-corrected chi connectivity index (χ0v) is 16.4. The maximum absolute atomic E-state index is 11.5. The first-order valence-corrected chi connectivity index (χ1v) is 9.62. The van der Waals surface area contributed by atoms with E-state index < -0.39 is 0 Å². The Balaban J connectivity index is 1.75. The first-order chi connectivity index (χ1) is 13.1. The number of amides is 1. The van der Waals surface area contributed by atoms with Crippen LogP contribution in [-0.4, -0.2) is 26.1 Å². The molecule has 3 rings (SSSR count). The molecule has 27 heavy (non-hydrogen) atoms. The van der Waals surface area contributed by atoms with Crippen molar-refractivity contribution >= 4 is 35.0 Å². The van der Waals surface area contributed by atoms with Gasteiger partial charge in [-0.1, -0.05) is 13.8 Å². The van der Waals surface area contributed by atoms with Crippen molar-refractivity contribution in [3.63, 3.8) is 0 Å². The van der Waals surface area contributed by atoms with Gasteiger partial charge in [0.05, 0.1) is 0 Å². The SMILES string of the molecule is CCC(=O)Nc1ccc(Sc2nc(CC)cc(Nc3cc(C)[nH]n3)n2)cc1. The molecule has 8 heteroatoms. The predicted octanol–water partition coefficient (Wildman–Crippen LogP) is 4.31. The number of aryl methyl sites for hydroxylation is 2. The minimum Gasteiger partial charge on any atom is -0.326 e. The molecule has 0 bridgehead atoms. The quantitative estimate of drug-likeness (QED) is 0.527. The van der Waals surface area contributed by atoms with Gasteiger partial charge in [0.15, 0.2) is 11.0 Å². The normalized spacial score (nSPS) is 10.6. The van der Waals surface area contributed by atoms with E-state index in [1.165, 1.54) is 11.8 Å². The van der Waals surface area contributed by atoms with Gasteiger partial charge < -0.3 is 10.6 Å². The molecule has 3 N–H and O–H groups in total. The summed E-state index contributed by atoms with van der Waals surface area (Å²) in [6, 6.07) is 11.5. The minimum atomic E-state index is -0.00120. The Bertz CT molecular complexity index is 922. The second-order valence-corrected chi connectivity index (χ2v) is 7.01. The Morgan fingerprint density at radius 2 is 1.89 bits per heavy atom. The second-order valence-electron chi connectivity index (χ2n) is 5.97. The lowest BCUT2D eigenvalue weighted by Crippen LogP contribution is -2.08. The monoisotopic (exact) mass is 382 g/mol. The van der Waals surface area contributed by atoms with Crippen LogP contribution in [-0.2, 0) is 11.2 Å². The molecule has 2 aromatic heterocycles. The summed E-state index contributed by atoms with van der Waals surface area (Å²) in [5, 5.41) is 13.8. The number of H-pyrrole nitrogens is 1. The first-order valence-electron chi connectivity index (χ1n) is 8.80. The van der Waals surface area contributed by atoms with Crippen LogP contribution < -0.4 is 10.6 Å². The minimum absolute atomic E-state index is 0.00120. The van der Waals surface area contributed by atoms with Crippen LogP contribution in [0.1, 0.15) is 31.7 Å². The summed E-state index contributed by atoms with van der Waals surface area (Å²) in [5.41, 5.74) is 2.71. The number of carbonyl (C=O) groups is 1. The number of carbonyl (C=O) groups excluding carboxylic acids is 1. The summed E-state index contributed by atoms with van der Waals surface area (Å²) in [5.74, 6) is 1.43. The number of anilines is 3. The van der Waals surface area contributed by atoms with Gasteiger partial charge in [0.25, 0.3) is 0 Å². The van der Waals surface area contributed by atoms with Gasteiger partial charge in [-0.3, -0.25) is 9.89 Å².